The largest absolute Gasteiger partial charge is 0.479 e. The Morgan fingerprint density at radius 3 is 2.31 bits per heavy atom. The van der Waals surface area contributed by atoms with Crippen LogP contribution in [0.5, 0.6) is 0 Å². The van der Waals surface area contributed by atoms with Crippen molar-refractivity contribution < 1.29 is 28.9 Å². The highest BCUT2D eigenvalue weighted by Gasteiger charge is 2.44. The van der Waals surface area contributed by atoms with E-state index in [0.29, 0.717) is 18.8 Å². The molecule has 7 heteroatoms. The number of aliphatic hydroxyl groups excluding tert-OH is 1. The molecule has 0 aromatic rings. The Balaban J connectivity index is 1.89. The molecule has 2 fully saturated rings. The van der Waals surface area contributed by atoms with E-state index < -0.39 is 20.4 Å². The second-order valence-corrected chi connectivity index (χ2v) is 18.9. The van der Waals surface area contributed by atoms with E-state index >= 15 is 0 Å². The maximum Gasteiger partial charge on any atom is 0.331 e. The molecule has 0 spiro atoms. The highest BCUT2D eigenvalue weighted by Crippen LogP contribution is 2.42. The second-order valence-electron chi connectivity index (χ2n) is 14.1. The molecule has 0 bridgehead atoms. The van der Waals surface area contributed by atoms with Crippen molar-refractivity contribution >= 4 is 14.3 Å². The van der Waals surface area contributed by atoms with Gasteiger partial charge in [-0.3, -0.25) is 0 Å². The Bertz CT molecular complexity index is 687. The van der Waals surface area contributed by atoms with Gasteiger partial charge in [0.2, 0.25) is 0 Å². The van der Waals surface area contributed by atoms with Crippen molar-refractivity contribution in [2.75, 3.05) is 6.61 Å². The van der Waals surface area contributed by atoms with Crippen LogP contribution in [0.3, 0.4) is 0 Å². The topological polar surface area (TPSA) is 85.2 Å². The standard InChI is InChI=1S/C32H62O6Si/c1-8-9-16-24(2)17-15-19-26-25(27(33)23-29(26)37-30-21-13-14-22-36-30)18-11-10-12-20-28(31(34)35)38-39(6,7)32(3,4)5/h24-30,33H,8-23H2,1-7H3,(H,34,35)/t24?,25-,26-,27+,28?,29?,30?/m1/s1. The molecule has 6 nitrogen and oxygen atoms in total. The quantitative estimate of drug-likeness (QED) is 0.127. The highest BCUT2D eigenvalue weighted by molar-refractivity contribution is 6.74. The van der Waals surface area contributed by atoms with Crippen LogP contribution in [0.4, 0.5) is 0 Å². The number of carboxylic acids is 1. The first-order valence-corrected chi connectivity index (χ1v) is 19.1. The number of hydrogen-bond acceptors (Lipinski definition) is 5. The second kappa shape index (κ2) is 16.8. The molecule has 0 aromatic carbocycles. The Morgan fingerprint density at radius 2 is 1.69 bits per heavy atom. The van der Waals surface area contributed by atoms with Crippen LogP contribution in [0.1, 0.15) is 131 Å². The fraction of sp³-hybridized carbons (Fsp3) is 0.969. The third-order valence-electron chi connectivity index (χ3n) is 9.77. The summed E-state index contributed by atoms with van der Waals surface area (Å²) in [6.07, 6.45) is 14.6. The number of ether oxygens (including phenoxy) is 2. The maximum absolute atomic E-state index is 11.9. The lowest BCUT2D eigenvalue weighted by molar-refractivity contribution is -0.196. The molecule has 1 aliphatic heterocycles. The van der Waals surface area contributed by atoms with Gasteiger partial charge in [0.1, 0.15) is 6.10 Å². The molecule has 1 saturated carbocycles. The number of carbonyl (C=O) groups is 1. The molecule has 1 saturated heterocycles. The Labute approximate surface area is 241 Å². The molecular formula is C32H62O6Si. The fourth-order valence-electron chi connectivity index (χ4n) is 6.18. The predicted octanol–water partition coefficient (Wildman–Crippen LogP) is 8.32. The molecule has 2 aliphatic rings. The van der Waals surface area contributed by atoms with E-state index in [9.17, 15) is 15.0 Å². The van der Waals surface area contributed by atoms with Crippen LogP contribution in [0.2, 0.25) is 18.1 Å². The maximum atomic E-state index is 11.9. The average Bonchev–Trinajstić information content (AvgIpc) is 3.15. The van der Waals surface area contributed by atoms with Crippen LogP contribution in [0, 0.1) is 17.8 Å². The fourth-order valence-corrected chi connectivity index (χ4v) is 7.46. The molecular weight excluding hydrogens is 508 g/mol. The van der Waals surface area contributed by atoms with Crippen molar-refractivity contribution in [3.63, 3.8) is 0 Å². The molecule has 1 aliphatic carbocycles. The van der Waals surface area contributed by atoms with Crippen LogP contribution >= 0.6 is 0 Å². The van der Waals surface area contributed by atoms with Crippen LogP contribution in [0.25, 0.3) is 0 Å². The molecule has 0 radical (unpaired) electrons. The van der Waals surface area contributed by atoms with E-state index in [4.69, 9.17) is 13.9 Å². The zero-order valence-corrected chi connectivity index (χ0v) is 27.4. The highest BCUT2D eigenvalue weighted by atomic mass is 28.4. The molecule has 230 valence electrons. The van der Waals surface area contributed by atoms with Gasteiger partial charge in [0.15, 0.2) is 14.6 Å². The van der Waals surface area contributed by atoms with Gasteiger partial charge in [0, 0.05) is 13.0 Å². The average molecular weight is 571 g/mol. The summed E-state index contributed by atoms with van der Waals surface area (Å²) in [6, 6.07) is 0. The Morgan fingerprint density at radius 1 is 1.00 bits per heavy atom. The smallest absolute Gasteiger partial charge is 0.331 e. The summed E-state index contributed by atoms with van der Waals surface area (Å²) in [6.45, 7) is 16.1. The van der Waals surface area contributed by atoms with Gasteiger partial charge >= 0.3 is 5.97 Å². The van der Waals surface area contributed by atoms with Crippen molar-refractivity contribution in [3.05, 3.63) is 0 Å². The van der Waals surface area contributed by atoms with E-state index in [1.54, 1.807) is 0 Å². The van der Waals surface area contributed by atoms with Crippen LogP contribution < -0.4 is 0 Å². The molecule has 2 N–H and O–H groups in total. The van der Waals surface area contributed by atoms with Crippen LogP contribution in [-0.4, -0.2) is 55.7 Å². The van der Waals surface area contributed by atoms with E-state index in [1.165, 1.54) is 32.1 Å². The molecule has 1 heterocycles. The number of aliphatic carboxylic acids is 1. The molecule has 2 rings (SSSR count). The van der Waals surface area contributed by atoms with Crippen LogP contribution in [0.15, 0.2) is 0 Å². The summed E-state index contributed by atoms with van der Waals surface area (Å²) in [5.41, 5.74) is 0. The Hall–Kier alpha value is -0.473. The Kier molecular flexibility index (Phi) is 15.0. The summed E-state index contributed by atoms with van der Waals surface area (Å²) < 4.78 is 18.6. The lowest BCUT2D eigenvalue weighted by Crippen LogP contribution is -2.46. The predicted molar refractivity (Wildman–Crippen MR) is 161 cm³/mol. The minimum atomic E-state index is -2.13. The SMILES string of the molecule is CCCCC(C)CCC[C@H]1C(OC2CCCCO2)C[C@H](O)[C@@H]1CCCCCC(O[Si](C)(C)C(C)(C)C)C(=O)O. The minimum Gasteiger partial charge on any atom is -0.479 e. The summed E-state index contributed by atoms with van der Waals surface area (Å²) in [5.74, 6) is 0.538. The summed E-state index contributed by atoms with van der Waals surface area (Å²) in [4.78, 5) is 11.9. The first-order chi connectivity index (χ1) is 18.4. The summed E-state index contributed by atoms with van der Waals surface area (Å²) in [7, 11) is -2.13. The normalized spacial score (nSPS) is 27.9. The van der Waals surface area contributed by atoms with Gasteiger partial charge in [0.25, 0.3) is 0 Å². The number of hydrogen-bond donors (Lipinski definition) is 2. The van der Waals surface area contributed by atoms with Crippen molar-refractivity contribution in [2.45, 2.75) is 174 Å². The van der Waals surface area contributed by atoms with E-state index in [0.717, 1.165) is 63.9 Å². The molecule has 7 atom stereocenters. The summed E-state index contributed by atoms with van der Waals surface area (Å²) in [5, 5.41) is 20.9. The van der Waals surface area contributed by atoms with Gasteiger partial charge in [-0.25, -0.2) is 4.79 Å². The minimum absolute atomic E-state index is 0.0105. The van der Waals surface area contributed by atoms with E-state index in [-0.39, 0.29) is 29.5 Å². The molecule has 39 heavy (non-hydrogen) atoms. The lowest BCUT2D eigenvalue weighted by atomic mass is 9.84. The summed E-state index contributed by atoms with van der Waals surface area (Å²) >= 11 is 0. The molecule has 4 unspecified atom stereocenters. The van der Waals surface area contributed by atoms with Crippen LogP contribution in [-0.2, 0) is 18.7 Å². The molecule has 0 aromatic heterocycles. The molecule has 0 amide bonds. The number of rotatable bonds is 18. The van der Waals surface area contributed by atoms with E-state index in [1.807, 2.05) is 0 Å². The number of unbranched alkanes of at least 4 members (excludes halogenated alkanes) is 3. The first kappa shape index (κ1) is 34.7. The zero-order chi connectivity index (χ0) is 29.1. The van der Waals surface area contributed by atoms with Crippen molar-refractivity contribution in [1.82, 2.24) is 0 Å². The van der Waals surface area contributed by atoms with Gasteiger partial charge in [-0.2, -0.15) is 0 Å². The lowest BCUT2D eigenvalue weighted by Gasteiger charge is -2.38. The van der Waals surface area contributed by atoms with Crippen molar-refractivity contribution in [2.24, 2.45) is 17.8 Å². The van der Waals surface area contributed by atoms with Gasteiger partial charge < -0.3 is 24.1 Å². The number of aliphatic hydroxyl groups is 1. The van der Waals surface area contributed by atoms with Crippen molar-refractivity contribution in [3.8, 4) is 0 Å². The van der Waals surface area contributed by atoms with Gasteiger partial charge in [0.05, 0.1) is 12.2 Å². The third kappa shape index (κ3) is 11.7. The van der Waals surface area contributed by atoms with Gasteiger partial charge in [-0.1, -0.05) is 86.0 Å². The van der Waals surface area contributed by atoms with Crippen molar-refractivity contribution in [1.29, 1.82) is 0 Å². The van der Waals surface area contributed by atoms with Gasteiger partial charge in [-0.15, -0.1) is 0 Å². The monoisotopic (exact) mass is 570 g/mol. The first-order valence-electron chi connectivity index (χ1n) is 16.2. The number of carboxylic acid groups (broad SMARTS) is 1. The van der Waals surface area contributed by atoms with Gasteiger partial charge in [-0.05, 0) is 74.4 Å². The third-order valence-corrected chi connectivity index (χ3v) is 14.3. The zero-order valence-electron chi connectivity index (χ0n) is 26.4. The van der Waals surface area contributed by atoms with E-state index in [2.05, 4.69) is 47.7 Å².